The fraction of sp³-hybridized carbons (Fsp3) is 0.600. The predicted octanol–water partition coefficient (Wildman–Crippen LogP) is 2.77. The fourth-order valence-corrected chi connectivity index (χ4v) is 3.84. The molecule has 0 bridgehead atoms. The summed E-state index contributed by atoms with van der Waals surface area (Å²) in [6.07, 6.45) is 0. The first kappa shape index (κ1) is 12.5. The maximum Gasteiger partial charge on any atom is 0.0409 e. The van der Waals surface area contributed by atoms with E-state index >= 15 is 0 Å². The van der Waals surface area contributed by atoms with Crippen molar-refractivity contribution in [1.29, 1.82) is 0 Å². The zero-order valence-electron chi connectivity index (χ0n) is 11.1. The van der Waals surface area contributed by atoms with Crippen molar-refractivity contribution in [3.8, 4) is 0 Å². The van der Waals surface area contributed by atoms with E-state index in [0.29, 0.717) is 0 Å². The van der Waals surface area contributed by atoms with Gasteiger partial charge in [-0.05, 0) is 49.9 Å². The zero-order valence-corrected chi connectivity index (χ0v) is 11.9. The molecule has 2 fully saturated rings. The third kappa shape index (κ3) is 2.07. The molecule has 0 spiro atoms. The van der Waals surface area contributed by atoms with Crippen LogP contribution in [0.5, 0.6) is 0 Å². The number of fused-ring (bicyclic) bond motifs is 1. The molecule has 2 aliphatic heterocycles. The maximum absolute atomic E-state index is 6.07. The summed E-state index contributed by atoms with van der Waals surface area (Å²) in [6, 6.07) is 8.25. The van der Waals surface area contributed by atoms with Gasteiger partial charge >= 0.3 is 0 Å². The van der Waals surface area contributed by atoms with Crippen LogP contribution in [-0.2, 0) is 6.54 Å². The lowest BCUT2D eigenvalue weighted by molar-refractivity contribution is 0.132. The van der Waals surface area contributed by atoms with E-state index in [0.717, 1.165) is 23.4 Å². The average Bonchev–Trinajstić information content (AvgIpc) is 2.84. The van der Waals surface area contributed by atoms with Gasteiger partial charge in [0.1, 0.15) is 0 Å². The second kappa shape index (κ2) is 4.52. The Morgan fingerprint density at radius 2 is 2.22 bits per heavy atom. The summed E-state index contributed by atoms with van der Waals surface area (Å²) in [5.74, 6) is 1.61. The highest BCUT2D eigenvalue weighted by atomic mass is 35.5. The second-order valence-corrected chi connectivity index (χ2v) is 6.63. The van der Waals surface area contributed by atoms with Crippen molar-refractivity contribution >= 4 is 11.6 Å². The van der Waals surface area contributed by atoms with Crippen LogP contribution in [0.25, 0.3) is 0 Å². The van der Waals surface area contributed by atoms with Gasteiger partial charge in [0.05, 0.1) is 0 Å². The lowest BCUT2D eigenvalue weighted by Gasteiger charge is -2.35. The van der Waals surface area contributed by atoms with E-state index < -0.39 is 0 Å². The molecule has 2 saturated heterocycles. The quantitative estimate of drug-likeness (QED) is 0.884. The van der Waals surface area contributed by atoms with E-state index in [1.165, 1.54) is 25.2 Å². The van der Waals surface area contributed by atoms with Crippen molar-refractivity contribution < 1.29 is 0 Å². The number of halogens is 1. The lowest BCUT2D eigenvalue weighted by atomic mass is 9.85. The van der Waals surface area contributed by atoms with Gasteiger partial charge in [-0.15, -0.1) is 0 Å². The third-order valence-corrected chi connectivity index (χ3v) is 5.01. The van der Waals surface area contributed by atoms with Crippen molar-refractivity contribution in [1.82, 2.24) is 10.2 Å². The number of benzene rings is 1. The molecule has 0 radical (unpaired) electrons. The largest absolute Gasteiger partial charge is 0.316 e. The van der Waals surface area contributed by atoms with Crippen molar-refractivity contribution in [2.45, 2.75) is 25.9 Å². The normalized spacial score (nSPS) is 30.6. The van der Waals surface area contributed by atoms with E-state index in [2.05, 4.69) is 36.2 Å². The Bertz CT molecular complexity index is 444. The van der Waals surface area contributed by atoms with Gasteiger partial charge in [0, 0.05) is 30.2 Å². The molecule has 0 amide bonds. The molecule has 2 atom stereocenters. The first-order valence-corrected chi connectivity index (χ1v) is 7.15. The van der Waals surface area contributed by atoms with Crippen molar-refractivity contribution in [3.63, 3.8) is 0 Å². The Labute approximate surface area is 114 Å². The molecule has 1 aromatic rings. The summed E-state index contributed by atoms with van der Waals surface area (Å²) in [5, 5.41) is 4.36. The summed E-state index contributed by atoms with van der Waals surface area (Å²) in [7, 11) is 0. The smallest absolute Gasteiger partial charge is 0.0409 e. The molecular formula is C15H21ClN2. The lowest BCUT2D eigenvalue weighted by Crippen LogP contribution is -2.43. The maximum atomic E-state index is 6.07. The number of hydrogen-bond acceptors (Lipinski definition) is 2. The number of nitrogens with zero attached hydrogens (tertiary/aromatic N) is 1. The molecule has 0 saturated carbocycles. The minimum atomic E-state index is 0.288. The van der Waals surface area contributed by atoms with Crippen LogP contribution in [0.1, 0.15) is 19.4 Å². The predicted molar refractivity (Wildman–Crippen MR) is 75.8 cm³/mol. The van der Waals surface area contributed by atoms with Crippen LogP contribution in [0.4, 0.5) is 0 Å². The Kier molecular flexibility index (Phi) is 3.13. The Morgan fingerprint density at radius 1 is 1.39 bits per heavy atom. The molecular weight excluding hydrogens is 244 g/mol. The molecule has 0 aliphatic carbocycles. The molecule has 3 heteroatoms. The van der Waals surface area contributed by atoms with Gasteiger partial charge < -0.3 is 5.32 Å². The topological polar surface area (TPSA) is 15.3 Å². The van der Waals surface area contributed by atoms with E-state index in [1.54, 1.807) is 0 Å². The standard InChI is InChI=1S/C15H21ClN2/c1-15(2)14-8-17-7-12(14)10-18(15)9-11-4-3-5-13(16)6-11/h3-6,12,14,17H,7-10H2,1-2H3. The van der Waals surface area contributed by atoms with E-state index in [-0.39, 0.29) is 5.54 Å². The molecule has 98 valence electrons. The Morgan fingerprint density at radius 3 is 2.94 bits per heavy atom. The molecule has 1 N–H and O–H groups in total. The van der Waals surface area contributed by atoms with Gasteiger partial charge in [0.25, 0.3) is 0 Å². The summed E-state index contributed by atoms with van der Waals surface area (Å²) in [5.41, 5.74) is 1.61. The minimum Gasteiger partial charge on any atom is -0.316 e. The SMILES string of the molecule is CC1(C)C2CNCC2CN1Cc1cccc(Cl)c1. The van der Waals surface area contributed by atoms with Crippen LogP contribution in [0.15, 0.2) is 24.3 Å². The molecule has 2 nitrogen and oxygen atoms in total. The van der Waals surface area contributed by atoms with Gasteiger partial charge in [-0.2, -0.15) is 0 Å². The van der Waals surface area contributed by atoms with E-state index in [1.807, 2.05) is 12.1 Å². The molecule has 2 aliphatic rings. The highest BCUT2D eigenvalue weighted by Gasteiger charge is 2.49. The van der Waals surface area contributed by atoms with Crippen LogP contribution in [0, 0.1) is 11.8 Å². The molecule has 1 aromatic carbocycles. The molecule has 0 aromatic heterocycles. The van der Waals surface area contributed by atoms with Gasteiger partial charge in [0.2, 0.25) is 0 Å². The van der Waals surface area contributed by atoms with Crippen molar-refractivity contribution in [3.05, 3.63) is 34.9 Å². The monoisotopic (exact) mass is 264 g/mol. The number of hydrogen-bond donors (Lipinski definition) is 1. The van der Waals surface area contributed by atoms with Crippen LogP contribution in [-0.4, -0.2) is 30.1 Å². The first-order chi connectivity index (χ1) is 8.57. The van der Waals surface area contributed by atoms with Crippen molar-refractivity contribution in [2.24, 2.45) is 11.8 Å². The summed E-state index contributed by atoms with van der Waals surface area (Å²) < 4.78 is 0. The first-order valence-electron chi connectivity index (χ1n) is 6.77. The number of likely N-dealkylation sites (tertiary alicyclic amines) is 1. The Balaban J connectivity index is 1.77. The van der Waals surface area contributed by atoms with Gasteiger partial charge in [-0.3, -0.25) is 4.90 Å². The molecule has 2 unspecified atom stereocenters. The van der Waals surface area contributed by atoms with Crippen LogP contribution in [0.2, 0.25) is 5.02 Å². The number of rotatable bonds is 2. The summed E-state index contributed by atoms with van der Waals surface area (Å²) >= 11 is 6.07. The van der Waals surface area contributed by atoms with Crippen LogP contribution >= 0.6 is 11.6 Å². The summed E-state index contributed by atoms with van der Waals surface area (Å²) in [6.45, 7) is 9.34. The molecule has 2 heterocycles. The highest BCUT2D eigenvalue weighted by Crippen LogP contribution is 2.41. The number of nitrogens with one attached hydrogen (secondary N) is 1. The Hall–Kier alpha value is -0.570. The van der Waals surface area contributed by atoms with Crippen LogP contribution < -0.4 is 5.32 Å². The van der Waals surface area contributed by atoms with Gasteiger partial charge in [-0.25, -0.2) is 0 Å². The third-order valence-electron chi connectivity index (χ3n) is 4.78. The molecule has 18 heavy (non-hydrogen) atoms. The van der Waals surface area contributed by atoms with Crippen LogP contribution in [0.3, 0.4) is 0 Å². The van der Waals surface area contributed by atoms with E-state index in [4.69, 9.17) is 11.6 Å². The molecule has 3 rings (SSSR count). The average molecular weight is 265 g/mol. The second-order valence-electron chi connectivity index (χ2n) is 6.19. The van der Waals surface area contributed by atoms with Gasteiger partial charge in [0.15, 0.2) is 0 Å². The summed E-state index contributed by atoms with van der Waals surface area (Å²) in [4.78, 5) is 2.62. The highest BCUT2D eigenvalue weighted by molar-refractivity contribution is 6.30. The zero-order chi connectivity index (χ0) is 12.8. The van der Waals surface area contributed by atoms with Gasteiger partial charge in [-0.1, -0.05) is 23.7 Å². The van der Waals surface area contributed by atoms with E-state index in [9.17, 15) is 0 Å². The fourth-order valence-electron chi connectivity index (χ4n) is 3.63. The minimum absolute atomic E-state index is 0.288. The van der Waals surface area contributed by atoms with Crippen molar-refractivity contribution in [2.75, 3.05) is 19.6 Å².